The first-order valence-corrected chi connectivity index (χ1v) is 3.97. The van der Waals surface area contributed by atoms with Crippen LogP contribution in [0.3, 0.4) is 0 Å². The Hall–Kier alpha value is -1.77. The van der Waals surface area contributed by atoms with Gasteiger partial charge in [-0.3, -0.25) is 4.79 Å². The molecule has 3 heteroatoms. The van der Waals surface area contributed by atoms with Crippen LogP contribution in [0.25, 0.3) is 10.9 Å². The third-order valence-corrected chi connectivity index (χ3v) is 2.08. The van der Waals surface area contributed by atoms with Gasteiger partial charge >= 0.3 is 0 Å². The molecule has 0 radical (unpaired) electrons. The Labute approximate surface area is 74.9 Å². The van der Waals surface area contributed by atoms with E-state index in [1.54, 1.807) is 22.9 Å². The molecule has 0 aliphatic rings. The molecular weight excluding hydrogens is 166 g/mol. The van der Waals surface area contributed by atoms with E-state index in [0.29, 0.717) is 5.39 Å². The standard InChI is InChI=1S/C10H9NO2/c1-11-5-4-10(13)8-3-2-7(12)6-9(8)11/h2-6,12H,1H3. The summed E-state index contributed by atoms with van der Waals surface area (Å²) in [6, 6.07) is 6.24. The Bertz CT molecular complexity index is 514. The molecule has 0 bridgehead atoms. The molecule has 0 fully saturated rings. The van der Waals surface area contributed by atoms with Gasteiger partial charge < -0.3 is 9.67 Å². The van der Waals surface area contributed by atoms with Gasteiger partial charge in [0.2, 0.25) is 0 Å². The maximum Gasteiger partial charge on any atom is 0.189 e. The van der Waals surface area contributed by atoms with E-state index in [-0.39, 0.29) is 11.2 Å². The molecule has 66 valence electrons. The van der Waals surface area contributed by atoms with Gasteiger partial charge in [-0.2, -0.15) is 0 Å². The first kappa shape index (κ1) is 7.86. The van der Waals surface area contributed by atoms with Crippen molar-refractivity contribution in [3.63, 3.8) is 0 Å². The summed E-state index contributed by atoms with van der Waals surface area (Å²) in [5.74, 6) is 0.175. The molecular formula is C10H9NO2. The van der Waals surface area contributed by atoms with Gasteiger partial charge in [-0.15, -0.1) is 0 Å². The third kappa shape index (κ3) is 1.18. The van der Waals surface area contributed by atoms with Crippen LogP contribution < -0.4 is 5.43 Å². The number of benzene rings is 1. The average molecular weight is 175 g/mol. The lowest BCUT2D eigenvalue weighted by Gasteiger charge is -2.03. The van der Waals surface area contributed by atoms with Crippen LogP contribution in [0.4, 0.5) is 0 Å². The summed E-state index contributed by atoms with van der Waals surface area (Å²) >= 11 is 0. The Morgan fingerprint density at radius 3 is 2.85 bits per heavy atom. The van der Waals surface area contributed by atoms with Crippen LogP contribution in [0.2, 0.25) is 0 Å². The highest BCUT2D eigenvalue weighted by Crippen LogP contribution is 2.15. The van der Waals surface area contributed by atoms with E-state index >= 15 is 0 Å². The van der Waals surface area contributed by atoms with Crippen molar-refractivity contribution in [3.8, 4) is 5.75 Å². The molecule has 0 spiro atoms. The topological polar surface area (TPSA) is 42.2 Å². The zero-order chi connectivity index (χ0) is 9.42. The van der Waals surface area contributed by atoms with Crippen LogP contribution in [0.1, 0.15) is 0 Å². The lowest BCUT2D eigenvalue weighted by atomic mass is 10.2. The summed E-state index contributed by atoms with van der Waals surface area (Å²) in [6.45, 7) is 0. The Morgan fingerprint density at radius 2 is 2.08 bits per heavy atom. The maximum absolute atomic E-state index is 11.3. The van der Waals surface area contributed by atoms with Crippen LogP contribution in [0.5, 0.6) is 5.75 Å². The molecule has 1 aromatic carbocycles. The van der Waals surface area contributed by atoms with Crippen molar-refractivity contribution in [2.45, 2.75) is 0 Å². The summed E-state index contributed by atoms with van der Waals surface area (Å²) in [7, 11) is 1.83. The maximum atomic E-state index is 11.3. The Balaban J connectivity index is 3.01. The number of aryl methyl sites for hydroxylation is 1. The van der Waals surface area contributed by atoms with E-state index in [0.717, 1.165) is 5.52 Å². The van der Waals surface area contributed by atoms with Gasteiger partial charge in [0.05, 0.1) is 5.52 Å². The highest BCUT2D eigenvalue weighted by molar-refractivity contribution is 5.80. The first-order chi connectivity index (χ1) is 6.18. The summed E-state index contributed by atoms with van der Waals surface area (Å²) < 4.78 is 1.80. The van der Waals surface area contributed by atoms with Crippen molar-refractivity contribution in [1.82, 2.24) is 4.57 Å². The van der Waals surface area contributed by atoms with Gasteiger partial charge in [-0.25, -0.2) is 0 Å². The SMILES string of the molecule is Cn1ccc(=O)c2ccc(O)cc21. The fourth-order valence-corrected chi connectivity index (χ4v) is 1.37. The molecule has 0 amide bonds. The zero-order valence-electron chi connectivity index (χ0n) is 7.19. The van der Waals surface area contributed by atoms with Gasteiger partial charge in [0.15, 0.2) is 5.43 Å². The Morgan fingerprint density at radius 1 is 1.31 bits per heavy atom. The number of aromatic hydroxyl groups is 1. The number of pyridine rings is 1. The van der Waals surface area contributed by atoms with Gasteiger partial charge in [0.1, 0.15) is 5.75 Å². The van der Waals surface area contributed by atoms with Crippen molar-refractivity contribution in [1.29, 1.82) is 0 Å². The number of hydrogen-bond acceptors (Lipinski definition) is 2. The van der Waals surface area contributed by atoms with E-state index in [2.05, 4.69) is 0 Å². The van der Waals surface area contributed by atoms with Crippen molar-refractivity contribution in [2.75, 3.05) is 0 Å². The summed E-state index contributed by atoms with van der Waals surface area (Å²) in [6.07, 6.45) is 1.68. The molecule has 1 N–H and O–H groups in total. The van der Waals surface area contributed by atoms with E-state index < -0.39 is 0 Å². The summed E-state index contributed by atoms with van der Waals surface area (Å²) in [5, 5.41) is 9.86. The van der Waals surface area contributed by atoms with Gasteiger partial charge in [-0.1, -0.05) is 0 Å². The number of phenolic OH excluding ortho intramolecular Hbond substituents is 1. The predicted molar refractivity (Wildman–Crippen MR) is 50.9 cm³/mol. The number of nitrogens with zero attached hydrogens (tertiary/aromatic N) is 1. The minimum absolute atomic E-state index is 0.0203. The molecule has 0 saturated heterocycles. The lowest BCUT2D eigenvalue weighted by molar-refractivity contribution is 0.476. The zero-order valence-corrected chi connectivity index (χ0v) is 7.19. The predicted octanol–water partition coefficient (Wildman–Crippen LogP) is 1.24. The largest absolute Gasteiger partial charge is 0.508 e. The quantitative estimate of drug-likeness (QED) is 0.654. The van der Waals surface area contributed by atoms with Crippen molar-refractivity contribution in [3.05, 3.63) is 40.7 Å². The molecule has 3 nitrogen and oxygen atoms in total. The second kappa shape index (κ2) is 2.62. The molecule has 0 aliphatic heterocycles. The Kier molecular flexibility index (Phi) is 1.59. The molecule has 2 aromatic rings. The van der Waals surface area contributed by atoms with Gasteiger partial charge in [0.25, 0.3) is 0 Å². The number of phenols is 1. The molecule has 1 aromatic heterocycles. The number of aromatic nitrogens is 1. The molecule has 0 unspecified atom stereocenters. The third-order valence-electron chi connectivity index (χ3n) is 2.08. The van der Waals surface area contributed by atoms with Gasteiger partial charge in [-0.05, 0) is 12.1 Å². The van der Waals surface area contributed by atoms with Crippen molar-refractivity contribution >= 4 is 10.9 Å². The number of fused-ring (bicyclic) bond motifs is 1. The fraction of sp³-hybridized carbons (Fsp3) is 0.100. The van der Waals surface area contributed by atoms with Crippen molar-refractivity contribution < 1.29 is 5.11 Å². The highest BCUT2D eigenvalue weighted by atomic mass is 16.3. The molecule has 0 saturated carbocycles. The fourth-order valence-electron chi connectivity index (χ4n) is 1.37. The normalized spacial score (nSPS) is 10.5. The highest BCUT2D eigenvalue weighted by Gasteiger charge is 2.00. The molecule has 0 aliphatic carbocycles. The minimum Gasteiger partial charge on any atom is -0.508 e. The van der Waals surface area contributed by atoms with Crippen LogP contribution >= 0.6 is 0 Å². The van der Waals surface area contributed by atoms with Crippen molar-refractivity contribution in [2.24, 2.45) is 7.05 Å². The lowest BCUT2D eigenvalue weighted by Crippen LogP contribution is -2.04. The molecule has 1 heterocycles. The van der Waals surface area contributed by atoms with Crippen LogP contribution in [-0.4, -0.2) is 9.67 Å². The molecule has 13 heavy (non-hydrogen) atoms. The molecule has 2 rings (SSSR count). The summed E-state index contributed by atoms with van der Waals surface area (Å²) in [4.78, 5) is 11.3. The smallest absolute Gasteiger partial charge is 0.189 e. The molecule has 0 atom stereocenters. The van der Waals surface area contributed by atoms with Crippen LogP contribution in [-0.2, 0) is 7.05 Å². The van der Waals surface area contributed by atoms with Crippen LogP contribution in [0.15, 0.2) is 35.3 Å². The number of rotatable bonds is 0. The van der Waals surface area contributed by atoms with Crippen LogP contribution in [0, 0.1) is 0 Å². The van der Waals surface area contributed by atoms with E-state index in [1.807, 2.05) is 7.05 Å². The average Bonchev–Trinajstić information content (AvgIpc) is 2.12. The number of hydrogen-bond donors (Lipinski definition) is 1. The van der Waals surface area contributed by atoms with E-state index in [9.17, 15) is 9.90 Å². The van der Waals surface area contributed by atoms with E-state index in [4.69, 9.17) is 0 Å². The summed E-state index contributed by atoms with van der Waals surface area (Å²) in [5.41, 5.74) is 0.723. The minimum atomic E-state index is -0.0203. The van der Waals surface area contributed by atoms with Gasteiger partial charge in [0, 0.05) is 30.8 Å². The first-order valence-electron chi connectivity index (χ1n) is 3.97. The monoisotopic (exact) mass is 175 g/mol. The second-order valence-electron chi connectivity index (χ2n) is 2.99. The second-order valence-corrected chi connectivity index (χ2v) is 2.99. The van der Waals surface area contributed by atoms with E-state index in [1.165, 1.54) is 12.1 Å².